The maximum Gasteiger partial charge on any atom is 0.573 e. The minimum absolute atomic E-state index is 0.172. The molecule has 1 N–H and O–H groups in total. The van der Waals surface area contributed by atoms with Gasteiger partial charge in [-0.2, -0.15) is 5.10 Å². The summed E-state index contributed by atoms with van der Waals surface area (Å²) >= 11 is 0. The lowest BCUT2D eigenvalue weighted by atomic mass is 9.83. The Kier molecular flexibility index (Phi) is 6.22. The quantitative estimate of drug-likeness (QED) is 0.768. The molecule has 31 heavy (non-hydrogen) atoms. The van der Waals surface area contributed by atoms with Gasteiger partial charge in [0.15, 0.2) is 0 Å². The Bertz CT molecular complexity index is 908. The predicted molar refractivity (Wildman–Crippen MR) is 109 cm³/mol. The summed E-state index contributed by atoms with van der Waals surface area (Å²) in [5.74, 6) is -0.00787. The lowest BCUT2D eigenvalue weighted by molar-refractivity contribution is -0.274. The van der Waals surface area contributed by atoms with Crippen molar-refractivity contribution in [1.82, 2.24) is 20.0 Å². The van der Waals surface area contributed by atoms with E-state index in [0.717, 1.165) is 19.5 Å². The summed E-state index contributed by atoms with van der Waals surface area (Å²) in [7, 11) is 0. The topological polar surface area (TPSA) is 59.4 Å². The van der Waals surface area contributed by atoms with E-state index in [1.165, 1.54) is 60.8 Å². The number of hydrogen-bond acceptors (Lipinski definition) is 4. The van der Waals surface area contributed by atoms with Crippen LogP contribution in [0.3, 0.4) is 0 Å². The van der Waals surface area contributed by atoms with Crippen molar-refractivity contribution in [2.45, 2.75) is 51.4 Å². The molecule has 2 aliphatic heterocycles. The Morgan fingerprint density at radius 3 is 2.65 bits per heavy atom. The number of fused-ring (bicyclic) bond motifs is 1. The van der Waals surface area contributed by atoms with Crippen LogP contribution in [0.25, 0.3) is 5.69 Å². The second kappa shape index (κ2) is 8.90. The predicted octanol–water partition coefficient (Wildman–Crippen LogP) is 4.07. The first-order valence-corrected chi connectivity index (χ1v) is 10.7. The average Bonchev–Trinajstić information content (AvgIpc) is 3.13. The van der Waals surface area contributed by atoms with Gasteiger partial charge in [-0.15, -0.1) is 13.2 Å². The fourth-order valence-corrected chi connectivity index (χ4v) is 4.82. The molecule has 2 atom stereocenters. The zero-order valence-electron chi connectivity index (χ0n) is 17.5. The van der Waals surface area contributed by atoms with Crippen molar-refractivity contribution >= 4 is 5.91 Å². The highest BCUT2D eigenvalue weighted by Crippen LogP contribution is 2.30. The van der Waals surface area contributed by atoms with E-state index in [1.54, 1.807) is 6.92 Å². The molecule has 4 rings (SSSR count). The first kappa shape index (κ1) is 21.7. The highest BCUT2D eigenvalue weighted by Gasteiger charge is 2.33. The monoisotopic (exact) mass is 436 g/mol. The van der Waals surface area contributed by atoms with Crippen LogP contribution in [0.5, 0.6) is 5.75 Å². The van der Waals surface area contributed by atoms with Gasteiger partial charge in [-0.25, -0.2) is 4.68 Å². The number of halogens is 3. The van der Waals surface area contributed by atoms with E-state index in [-0.39, 0.29) is 11.7 Å². The highest BCUT2D eigenvalue weighted by atomic mass is 19.4. The van der Waals surface area contributed by atoms with Crippen LogP contribution in [0, 0.1) is 12.8 Å². The van der Waals surface area contributed by atoms with Crippen LogP contribution in [-0.4, -0.2) is 52.6 Å². The van der Waals surface area contributed by atoms with Crippen LogP contribution >= 0.6 is 0 Å². The van der Waals surface area contributed by atoms with E-state index in [9.17, 15) is 18.0 Å². The van der Waals surface area contributed by atoms with Crippen LogP contribution in [0.1, 0.15) is 48.2 Å². The minimum Gasteiger partial charge on any atom is -0.406 e. The zero-order valence-corrected chi connectivity index (χ0v) is 17.5. The number of benzene rings is 1. The summed E-state index contributed by atoms with van der Waals surface area (Å²) < 4.78 is 42.4. The molecule has 0 radical (unpaired) electrons. The Morgan fingerprint density at radius 1 is 1.16 bits per heavy atom. The molecule has 9 heteroatoms. The highest BCUT2D eigenvalue weighted by molar-refractivity contribution is 5.95. The normalized spacial score (nSPS) is 22.1. The number of aromatic nitrogens is 2. The molecule has 0 saturated carbocycles. The molecule has 0 spiro atoms. The molecule has 168 valence electrons. The number of rotatable bonds is 5. The molecule has 2 saturated heterocycles. The molecule has 2 unspecified atom stereocenters. The van der Waals surface area contributed by atoms with Gasteiger partial charge < -0.3 is 15.0 Å². The van der Waals surface area contributed by atoms with Gasteiger partial charge in [0, 0.05) is 12.6 Å². The van der Waals surface area contributed by atoms with Crippen molar-refractivity contribution in [2.24, 2.45) is 5.92 Å². The van der Waals surface area contributed by atoms with Gasteiger partial charge in [0.25, 0.3) is 5.91 Å². The van der Waals surface area contributed by atoms with Crippen LogP contribution in [0.15, 0.2) is 30.5 Å². The fraction of sp³-hybridized carbons (Fsp3) is 0.545. The summed E-state index contributed by atoms with van der Waals surface area (Å²) in [6.07, 6.45) is 2.78. The molecule has 1 aromatic heterocycles. The number of nitrogens with one attached hydrogen (secondary N) is 1. The van der Waals surface area contributed by atoms with E-state index in [2.05, 4.69) is 20.1 Å². The van der Waals surface area contributed by atoms with Gasteiger partial charge in [0.1, 0.15) is 5.75 Å². The molecule has 1 aromatic carbocycles. The van der Waals surface area contributed by atoms with E-state index < -0.39 is 6.36 Å². The number of alkyl halides is 3. The molecule has 6 nitrogen and oxygen atoms in total. The number of carbonyl (C=O) groups excluding carboxylic acids is 1. The number of piperidine rings is 2. The van der Waals surface area contributed by atoms with Crippen molar-refractivity contribution < 1.29 is 22.7 Å². The van der Waals surface area contributed by atoms with E-state index in [0.29, 0.717) is 35.4 Å². The molecule has 2 aromatic rings. The lowest BCUT2D eigenvalue weighted by Crippen LogP contribution is -2.51. The zero-order chi connectivity index (χ0) is 22.0. The Hall–Kier alpha value is -2.55. The van der Waals surface area contributed by atoms with Gasteiger partial charge >= 0.3 is 6.36 Å². The van der Waals surface area contributed by atoms with Crippen LogP contribution < -0.4 is 10.1 Å². The molecular weight excluding hydrogens is 409 g/mol. The molecule has 0 bridgehead atoms. The van der Waals surface area contributed by atoms with Crippen LogP contribution in [0.4, 0.5) is 13.2 Å². The number of nitrogens with zero attached hydrogens (tertiary/aromatic N) is 3. The smallest absolute Gasteiger partial charge is 0.406 e. The second-order valence-corrected chi connectivity index (χ2v) is 8.31. The molecule has 0 aliphatic carbocycles. The van der Waals surface area contributed by atoms with E-state index in [1.807, 2.05) is 0 Å². The van der Waals surface area contributed by atoms with Gasteiger partial charge in [-0.1, -0.05) is 6.42 Å². The first-order valence-electron chi connectivity index (χ1n) is 10.7. The van der Waals surface area contributed by atoms with Crippen molar-refractivity contribution in [1.29, 1.82) is 0 Å². The SMILES string of the molecule is Cc1c(C(=O)NCC2CCCN3CCCCC23)cnn1-c1ccc(OC(F)(F)F)cc1. The van der Waals surface area contributed by atoms with Gasteiger partial charge in [0.05, 0.1) is 23.1 Å². The number of ether oxygens (including phenoxy) is 1. The van der Waals surface area contributed by atoms with Crippen molar-refractivity contribution in [3.05, 3.63) is 41.7 Å². The number of amides is 1. The van der Waals surface area contributed by atoms with Gasteiger partial charge in [-0.3, -0.25) is 4.79 Å². The van der Waals surface area contributed by atoms with Gasteiger partial charge in [-0.05, 0) is 75.9 Å². The molecule has 1 amide bonds. The van der Waals surface area contributed by atoms with Crippen LogP contribution in [-0.2, 0) is 0 Å². The third-order valence-electron chi connectivity index (χ3n) is 6.32. The third kappa shape index (κ3) is 5.03. The Labute approximate surface area is 179 Å². The van der Waals surface area contributed by atoms with Crippen molar-refractivity contribution in [2.75, 3.05) is 19.6 Å². The second-order valence-electron chi connectivity index (χ2n) is 8.31. The molecule has 2 aliphatic rings. The average molecular weight is 436 g/mol. The summed E-state index contributed by atoms with van der Waals surface area (Å²) in [5.41, 5.74) is 1.65. The summed E-state index contributed by atoms with van der Waals surface area (Å²) in [4.78, 5) is 15.4. The molecule has 2 fully saturated rings. The molecule has 3 heterocycles. The minimum atomic E-state index is -4.73. The summed E-state index contributed by atoms with van der Waals surface area (Å²) in [6, 6.07) is 5.96. The Morgan fingerprint density at radius 2 is 1.90 bits per heavy atom. The van der Waals surface area contributed by atoms with Crippen LogP contribution in [0.2, 0.25) is 0 Å². The van der Waals surface area contributed by atoms with Crippen molar-refractivity contribution in [3.63, 3.8) is 0 Å². The van der Waals surface area contributed by atoms with Crippen molar-refractivity contribution in [3.8, 4) is 11.4 Å². The third-order valence-corrected chi connectivity index (χ3v) is 6.32. The fourth-order valence-electron chi connectivity index (χ4n) is 4.82. The number of hydrogen-bond donors (Lipinski definition) is 1. The Balaban J connectivity index is 1.40. The molecular formula is C22H27F3N4O2. The summed E-state index contributed by atoms with van der Waals surface area (Å²) in [6.45, 7) is 4.74. The first-order chi connectivity index (χ1) is 14.8. The van der Waals surface area contributed by atoms with Gasteiger partial charge in [0.2, 0.25) is 0 Å². The standard InChI is InChI=1S/C22H27F3N4O2/c1-15-19(14-27-29(15)17-7-9-18(10-8-17)31-22(23,24)25)21(30)26-13-16-5-4-12-28-11-3-2-6-20(16)28/h7-10,14,16,20H,2-6,11-13H2,1H3,(H,26,30). The largest absolute Gasteiger partial charge is 0.573 e. The maximum absolute atomic E-state index is 12.8. The number of carbonyl (C=O) groups is 1. The van der Waals surface area contributed by atoms with E-state index in [4.69, 9.17) is 0 Å². The maximum atomic E-state index is 12.8. The lowest BCUT2D eigenvalue weighted by Gasteiger charge is -2.44. The summed E-state index contributed by atoms with van der Waals surface area (Å²) in [5, 5.41) is 7.33. The van der Waals surface area contributed by atoms with E-state index >= 15 is 0 Å².